The predicted molar refractivity (Wildman–Crippen MR) is 208 cm³/mol. The van der Waals surface area contributed by atoms with Crippen molar-refractivity contribution in [3.8, 4) is 23.7 Å². The van der Waals surface area contributed by atoms with Gasteiger partial charge in [-0.25, -0.2) is 4.79 Å². The molecule has 0 aliphatic carbocycles. The molecular formula is C46H40N4O3. The summed E-state index contributed by atoms with van der Waals surface area (Å²) in [6.07, 6.45) is 3.88. The Hall–Kier alpha value is -5.99. The van der Waals surface area contributed by atoms with E-state index in [1.807, 2.05) is 121 Å². The molecule has 2 aliphatic rings. The van der Waals surface area contributed by atoms with Crippen molar-refractivity contribution in [1.29, 1.82) is 0 Å². The van der Waals surface area contributed by atoms with Crippen LogP contribution in [0, 0.1) is 23.7 Å². The molecule has 4 aromatic carbocycles. The molecule has 0 N–H and O–H groups in total. The van der Waals surface area contributed by atoms with Gasteiger partial charge in [-0.15, -0.1) is 0 Å². The summed E-state index contributed by atoms with van der Waals surface area (Å²) in [4.78, 5) is 28.1. The van der Waals surface area contributed by atoms with Gasteiger partial charge in [0.05, 0.1) is 36.2 Å². The monoisotopic (exact) mass is 696 g/mol. The molecule has 8 rings (SSSR count). The van der Waals surface area contributed by atoms with Gasteiger partial charge in [-0.3, -0.25) is 9.97 Å². The van der Waals surface area contributed by atoms with Crippen molar-refractivity contribution in [2.75, 3.05) is 13.1 Å². The molecule has 7 heteroatoms. The zero-order valence-corrected chi connectivity index (χ0v) is 29.9. The first-order valence-electron chi connectivity index (χ1n) is 18.1. The number of aromatic nitrogens is 2. The quantitative estimate of drug-likeness (QED) is 0.167. The number of carbonyl (C=O) groups is 1. The van der Waals surface area contributed by atoms with Gasteiger partial charge in [0.2, 0.25) is 0 Å². The van der Waals surface area contributed by atoms with Gasteiger partial charge in [-0.2, -0.15) is 0 Å². The van der Waals surface area contributed by atoms with Crippen LogP contribution in [0.3, 0.4) is 0 Å². The predicted octanol–water partition coefficient (Wildman–Crippen LogP) is 7.67. The molecule has 2 saturated heterocycles. The Morgan fingerprint density at radius 3 is 1.47 bits per heavy atom. The van der Waals surface area contributed by atoms with Crippen molar-refractivity contribution in [3.63, 3.8) is 0 Å². The van der Waals surface area contributed by atoms with E-state index in [1.54, 1.807) is 12.4 Å². The highest BCUT2D eigenvalue weighted by atomic mass is 16.8. The van der Waals surface area contributed by atoms with E-state index < -0.39 is 18.0 Å². The molecule has 7 nitrogen and oxygen atoms in total. The van der Waals surface area contributed by atoms with Gasteiger partial charge in [0.1, 0.15) is 12.2 Å². The van der Waals surface area contributed by atoms with Crippen LogP contribution in [0.2, 0.25) is 0 Å². The standard InChI is InChI=1S/C46H40N4O3/c1-46(2)52-43-41(29-33-15-5-3-6-16-33)49(25-13-19-35-27-37-21-9-11-23-39(37)47-31-35)45(51)50(42(44(43)53-46)30-34-17-7-4-8-18-34)26-14-20-36-28-38-22-10-12-24-40(38)48-32-36/h3-12,15-18,21-24,27-28,31-32,41-44H,25-26,29-30H2,1-2H3/t41-,42-,43+,44+/m1/s1. The zero-order valence-electron chi connectivity index (χ0n) is 29.9. The van der Waals surface area contributed by atoms with Gasteiger partial charge in [0.25, 0.3) is 0 Å². The van der Waals surface area contributed by atoms with Gasteiger partial charge in [0.15, 0.2) is 5.79 Å². The highest BCUT2D eigenvalue weighted by molar-refractivity contribution is 5.80. The lowest BCUT2D eigenvalue weighted by atomic mass is 9.91. The molecule has 6 aromatic rings. The number of amides is 2. The maximum absolute atomic E-state index is 15.2. The van der Waals surface area contributed by atoms with Crippen LogP contribution in [0.1, 0.15) is 36.1 Å². The number of hydrogen-bond acceptors (Lipinski definition) is 5. The Kier molecular flexibility index (Phi) is 9.61. The van der Waals surface area contributed by atoms with E-state index >= 15 is 4.79 Å². The van der Waals surface area contributed by atoms with Crippen molar-refractivity contribution >= 4 is 27.8 Å². The average Bonchev–Trinajstić information content (AvgIpc) is 3.48. The van der Waals surface area contributed by atoms with Crippen molar-refractivity contribution in [1.82, 2.24) is 19.8 Å². The van der Waals surface area contributed by atoms with Gasteiger partial charge in [-0.05, 0) is 62.1 Å². The van der Waals surface area contributed by atoms with Crippen LogP contribution in [0.15, 0.2) is 134 Å². The van der Waals surface area contributed by atoms with Crippen molar-refractivity contribution in [3.05, 3.63) is 156 Å². The number of ether oxygens (including phenoxy) is 2. The molecule has 4 heterocycles. The molecule has 0 radical (unpaired) electrons. The van der Waals surface area contributed by atoms with E-state index in [-0.39, 0.29) is 31.2 Å². The van der Waals surface area contributed by atoms with E-state index in [4.69, 9.17) is 9.47 Å². The average molecular weight is 697 g/mol. The second kappa shape index (κ2) is 14.9. The fourth-order valence-corrected chi connectivity index (χ4v) is 7.48. The molecule has 2 amide bonds. The Morgan fingerprint density at radius 1 is 0.604 bits per heavy atom. The molecule has 0 unspecified atom stereocenters. The Morgan fingerprint density at radius 2 is 1.02 bits per heavy atom. The van der Waals surface area contributed by atoms with E-state index in [9.17, 15) is 0 Å². The summed E-state index contributed by atoms with van der Waals surface area (Å²) in [5, 5.41) is 2.03. The maximum Gasteiger partial charge on any atom is 0.322 e. The second-order valence-corrected chi connectivity index (χ2v) is 14.1. The molecule has 0 saturated carbocycles. The van der Waals surface area contributed by atoms with Crippen molar-refractivity contribution < 1.29 is 14.3 Å². The molecule has 2 aliphatic heterocycles. The van der Waals surface area contributed by atoms with Crippen molar-refractivity contribution in [2.45, 2.75) is 56.8 Å². The molecule has 262 valence electrons. The largest absolute Gasteiger partial charge is 0.342 e. The highest BCUT2D eigenvalue weighted by Gasteiger charge is 2.55. The van der Waals surface area contributed by atoms with Crippen LogP contribution in [0.4, 0.5) is 4.79 Å². The fraction of sp³-hybridized carbons (Fsp3) is 0.239. The first-order valence-corrected chi connectivity index (χ1v) is 18.1. The van der Waals surface area contributed by atoms with Crippen LogP contribution in [-0.4, -0.2) is 69.0 Å². The summed E-state index contributed by atoms with van der Waals surface area (Å²) in [6, 6.07) is 39.7. The zero-order chi connectivity index (χ0) is 36.2. The Bertz CT molecular complexity index is 2210. The third-order valence-electron chi connectivity index (χ3n) is 9.93. The smallest absolute Gasteiger partial charge is 0.322 e. The van der Waals surface area contributed by atoms with Crippen LogP contribution in [-0.2, 0) is 22.3 Å². The lowest BCUT2D eigenvalue weighted by molar-refractivity contribution is -0.156. The van der Waals surface area contributed by atoms with E-state index in [2.05, 4.69) is 57.9 Å². The topological polar surface area (TPSA) is 67.8 Å². The second-order valence-electron chi connectivity index (χ2n) is 14.1. The molecule has 0 spiro atoms. The minimum absolute atomic E-state index is 0.150. The number of nitrogens with zero attached hydrogens (tertiary/aromatic N) is 4. The van der Waals surface area contributed by atoms with Gasteiger partial charge in [-0.1, -0.05) is 121 Å². The summed E-state index contributed by atoms with van der Waals surface area (Å²) in [7, 11) is 0. The van der Waals surface area contributed by atoms with E-state index in [0.717, 1.165) is 44.1 Å². The normalized spacial score (nSPS) is 20.6. The summed E-state index contributed by atoms with van der Waals surface area (Å²) < 4.78 is 13.6. The minimum Gasteiger partial charge on any atom is -0.342 e. The van der Waals surface area contributed by atoms with Crippen LogP contribution >= 0.6 is 0 Å². The molecule has 53 heavy (non-hydrogen) atoms. The number of benzene rings is 4. The number of carbonyl (C=O) groups excluding carboxylic acids is 1. The minimum atomic E-state index is -0.859. The maximum atomic E-state index is 15.2. The molecule has 0 bridgehead atoms. The first kappa shape index (κ1) is 34.1. The summed E-state index contributed by atoms with van der Waals surface area (Å²) >= 11 is 0. The lowest BCUT2D eigenvalue weighted by Crippen LogP contribution is -2.52. The molecule has 2 aromatic heterocycles. The summed E-state index contributed by atoms with van der Waals surface area (Å²) in [6.45, 7) is 4.28. The number of para-hydroxylation sites is 2. The number of urea groups is 1. The first-order chi connectivity index (χ1) is 25.9. The third kappa shape index (κ3) is 7.64. The SMILES string of the molecule is CC1(C)O[C@@H]2[C@@H](O1)[C@@H](Cc1ccccc1)N(CC#Cc1cnc3ccccc3c1)C(=O)N(CC#Cc1cnc3ccccc3c1)[C@@H]2Cc1ccccc1. The third-order valence-corrected chi connectivity index (χ3v) is 9.93. The van der Waals surface area contributed by atoms with Crippen molar-refractivity contribution in [2.24, 2.45) is 0 Å². The summed E-state index contributed by atoms with van der Waals surface area (Å²) in [5.74, 6) is 12.4. The number of rotatable bonds is 6. The van der Waals surface area contributed by atoms with Crippen LogP contribution in [0.5, 0.6) is 0 Å². The van der Waals surface area contributed by atoms with Crippen LogP contribution in [0.25, 0.3) is 21.8 Å². The number of pyridine rings is 2. The molecule has 2 fully saturated rings. The molecular weight excluding hydrogens is 657 g/mol. The molecule has 4 atom stereocenters. The van der Waals surface area contributed by atoms with Gasteiger partial charge in [0, 0.05) is 34.3 Å². The van der Waals surface area contributed by atoms with E-state index in [0.29, 0.717) is 12.8 Å². The Balaban J connectivity index is 1.20. The van der Waals surface area contributed by atoms with E-state index in [1.165, 1.54) is 0 Å². The fourth-order valence-electron chi connectivity index (χ4n) is 7.48. The number of fused-ring (bicyclic) bond motifs is 3. The number of hydrogen-bond donors (Lipinski definition) is 0. The van der Waals surface area contributed by atoms with Crippen LogP contribution < -0.4 is 0 Å². The Labute approximate surface area is 310 Å². The summed E-state index contributed by atoms with van der Waals surface area (Å²) in [5.41, 5.74) is 5.61. The van der Waals surface area contributed by atoms with Gasteiger partial charge >= 0.3 is 6.03 Å². The highest BCUT2D eigenvalue weighted by Crippen LogP contribution is 2.39. The lowest BCUT2D eigenvalue weighted by Gasteiger charge is -2.35. The van der Waals surface area contributed by atoms with Gasteiger partial charge < -0.3 is 19.3 Å².